The van der Waals surface area contributed by atoms with Crippen LogP contribution in [0.2, 0.25) is 0 Å². The monoisotopic (exact) mass is 272 g/mol. The Morgan fingerprint density at radius 3 is 2.50 bits per heavy atom. The number of phenolic OH excluding ortho intramolecular Hbond substituents is 1. The maximum atomic E-state index is 12.1. The summed E-state index contributed by atoms with van der Waals surface area (Å²) in [6, 6.07) is 1.18. The number of carbonyl (C=O) groups excluding carboxylic acids is 1. The normalized spacial score (nSPS) is 10.4. The molecule has 0 aliphatic rings. The Kier molecular flexibility index (Phi) is 3.19. The number of aryl methyl sites for hydroxylation is 1. The van der Waals surface area contributed by atoms with Gasteiger partial charge in [0.1, 0.15) is 11.3 Å². The van der Waals surface area contributed by atoms with E-state index in [-0.39, 0.29) is 33.6 Å². The summed E-state index contributed by atoms with van der Waals surface area (Å²) in [5.74, 6) is -1.49. The van der Waals surface area contributed by atoms with Crippen LogP contribution >= 0.6 is 0 Å². The molecule has 0 spiro atoms. The summed E-state index contributed by atoms with van der Waals surface area (Å²) in [6.07, 6.45) is 2.22. The van der Waals surface area contributed by atoms with Crippen molar-refractivity contribution in [1.82, 2.24) is 0 Å². The minimum absolute atomic E-state index is 0.00796. The zero-order chi connectivity index (χ0) is 15.0. The highest BCUT2D eigenvalue weighted by molar-refractivity contribution is 6.09. The van der Waals surface area contributed by atoms with Crippen LogP contribution in [0, 0.1) is 6.92 Å². The second kappa shape index (κ2) is 4.70. The van der Waals surface area contributed by atoms with Crippen molar-refractivity contribution in [3.63, 3.8) is 0 Å². The summed E-state index contributed by atoms with van der Waals surface area (Å²) in [5, 5.41) is 19.7. The van der Waals surface area contributed by atoms with Crippen molar-refractivity contribution >= 4 is 22.8 Å². The number of carbonyl (C=O) groups is 1. The minimum atomic E-state index is -0.692. The number of rotatable bonds is 3. The quantitative estimate of drug-likeness (QED) is 0.662. The molecule has 0 bridgehead atoms. The van der Waals surface area contributed by atoms with Crippen LogP contribution in [-0.2, 0) is 0 Å². The van der Waals surface area contributed by atoms with Crippen LogP contribution in [0.4, 0.5) is 0 Å². The van der Waals surface area contributed by atoms with Crippen molar-refractivity contribution in [1.29, 1.82) is 0 Å². The van der Waals surface area contributed by atoms with Crippen molar-refractivity contribution in [3.05, 3.63) is 52.4 Å². The summed E-state index contributed by atoms with van der Waals surface area (Å²) < 4.78 is 5.34. The Labute approximate surface area is 114 Å². The third kappa shape index (κ3) is 1.80. The number of hydrogen-bond donors (Lipinski definition) is 2. The molecule has 102 valence electrons. The van der Waals surface area contributed by atoms with E-state index in [1.54, 1.807) is 0 Å². The molecule has 1 heterocycles. The molecule has 0 aliphatic carbocycles. The van der Waals surface area contributed by atoms with E-state index in [9.17, 15) is 19.8 Å². The molecule has 1 aromatic carbocycles. The molecule has 5 heteroatoms. The molecule has 0 amide bonds. The average Bonchev–Trinajstić information content (AvgIpc) is 2.45. The van der Waals surface area contributed by atoms with Crippen LogP contribution in [-0.4, -0.2) is 16.0 Å². The minimum Gasteiger partial charge on any atom is -0.507 e. The zero-order valence-electron chi connectivity index (χ0n) is 10.8. The van der Waals surface area contributed by atoms with Crippen molar-refractivity contribution < 1.29 is 19.4 Å². The van der Waals surface area contributed by atoms with Crippen LogP contribution in [0.15, 0.2) is 34.5 Å². The van der Waals surface area contributed by atoms with Crippen LogP contribution in [0.5, 0.6) is 11.5 Å². The third-order valence-electron chi connectivity index (χ3n) is 3.03. The Hall–Kier alpha value is -2.82. The molecular weight excluding hydrogens is 260 g/mol. The van der Waals surface area contributed by atoms with E-state index in [2.05, 4.69) is 13.2 Å². The Morgan fingerprint density at radius 2 is 1.95 bits per heavy atom. The number of fused-ring (bicyclic) bond motifs is 1. The largest absolute Gasteiger partial charge is 0.507 e. The van der Waals surface area contributed by atoms with E-state index in [1.807, 2.05) is 0 Å². The first-order valence-corrected chi connectivity index (χ1v) is 5.73. The van der Waals surface area contributed by atoms with E-state index >= 15 is 0 Å². The molecule has 0 fully saturated rings. The van der Waals surface area contributed by atoms with E-state index in [4.69, 9.17) is 4.42 Å². The Bertz CT molecular complexity index is 811. The summed E-state index contributed by atoms with van der Waals surface area (Å²) >= 11 is 0. The van der Waals surface area contributed by atoms with E-state index < -0.39 is 17.0 Å². The SMILES string of the molecule is C=CC(=O)c1cc2c(=O)c(O)c(C=C)oc2c(C)c1O. The fraction of sp³-hybridized carbons (Fsp3) is 0.0667. The first kappa shape index (κ1) is 13.6. The van der Waals surface area contributed by atoms with Crippen molar-refractivity contribution in [2.75, 3.05) is 0 Å². The van der Waals surface area contributed by atoms with Crippen LogP contribution in [0.1, 0.15) is 21.7 Å². The standard InChI is InChI=1S/C15H12O5/c1-4-10(16)8-6-9-13(18)14(19)11(5-2)20-15(9)7(3)12(8)17/h4-6,17,19H,1-2H2,3H3. The van der Waals surface area contributed by atoms with Crippen LogP contribution in [0.3, 0.4) is 0 Å². The van der Waals surface area contributed by atoms with E-state index in [1.165, 1.54) is 19.1 Å². The molecular formula is C15H12O5. The van der Waals surface area contributed by atoms with Gasteiger partial charge in [-0.1, -0.05) is 13.2 Å². The molecule has 20 heavy (non-hydrogen) atoms. The smallest absolute Gasteiger partial charge is 0.235 e. The van der Waals surface area contributed by atoms with Gasteiger partial charge in [-0.15, -0.1) is 0 Å². The number of aromatic hydroxyl groups is 2. The molecule has 0 saturated heterocycles. The molecule has 2 N–H and O–H groups in total. The highest BCUT2D eigenvalue weighted by Gasteiger charge is 2.19. The van der Waals surface area contributed by atoms with Gasteiger partial charge < -0.3 is 14.6 Å². The fourth-order valence-corrected chi connectivity index (χ4v) is 1.92. The van der Waals surface area contributed by atoms with Gasteiger partial charge in [0.25, 0.3) is 0 Å². The van der Waals surface area contributed by atoms with Gasteiger partial charge in [-0.2, -0.15) is 0 Å². The maximum absolute atomic E-state index is 12.1. The predicted octanol–water partition coefficient (Wildman–Crippen LogP) is 2.52. The van der Waals surface area contributed by atoms with Gasteiger partial charge in [0.2, 0.25) is 11.2 Å². The van der Waals surface area contributed by atoms with Gasteiger partial charge in [0.15, 0.2) is 11.5 Å². The van der Waals surface area contributed by atoms with E-state index in [0.29, 0.717) is 0 Å². The van der Waals surface area contributed by atoms with Crippen molar-refractivity contribution in [2.45, 2.75) is 6.92 Å². The molecule has 0 unspecified atom stereocenters. The second-order valence-electron chi connectivity index (χ2n) is 4.19. The summed E-state index contributed by atoms with van der Waals surface area (Å²) in [4.78, 5) is 23.7. The predicted molar refractivity (Wildman–Crippen MR) is 75.2 cm³/mol. The topological polar surface area (TPSA) is 87.7 Å². The third-order valence-corrected chi connectivity index (χ3v) is 3.03. The first-order chi connectivity index (χ1) is 9.42. The Morgan fingerprint density at radius 1 is 1.30 bits per heavy atom. The van der Waals surface area contributed by atoms with Gasteiger partial charge in [-0.25, -0.2) is 0 Å². The lowest BCUT2D eigenvalue weighted by molar-refractivity contribution is 0.104. The molecule has 0 radical (unpaired) electrons. The first-order valence-electron chi connectivity index (χ1n) is 5.73. The molecule has 0 aliphatic heterocycles. The second-order valence-corrected chi connectivity index (χ2v) is 4.19. The lowest BCUT2D eigenvalue weighted by Crippen LogP contribution is -2.06. The van der Waals surface area contributed by atoms with Gasteiger partial charge in [0.05, 0.1) is 10.9 Å². The molecule has 2 aromatic rings. The molecule has 0 atom stereocenters. The maximum Gasteiger partial charge on any atom is 0.235 e. The number of phenols is 1. The van der Waals surface area contributed by atoms with Gasteiger partial charge in [-0.05, 0) is 25.1 Å². The Balaban J connectivity index is 3.02. The van der Waals surface area contributed by atoms with Crippen molar-refractivity contribution in [3.8, 4) is 11.5 Å². The molecule has 5 nitrogen and oxygen atoms in total. The lowest BCUT2D eigenvalue weighted by atomic mass is 10.0. The van der Waals surface area contributed by atoms with Crippen LogP contribution in [0.25, 0.3) is 17.0 Å². The number of ketones is 1. The molecule has 1 aromatic heterocycles. The lowest BCUT2D eigenvalue weighted by Gasteiger charge is -2.09. The summed E-state index contributed by atoms with van der Waals surface area (Å²) in [7, 11) is 0. The average molecular weight is 272 g/mol. The van der Waals surface area contributed by atoms with Crippen LogP contribution < -0.4 is 5.43 Å². The number of allylic oxidation sites excluding steroid dienone is 1. The molecule has 0 saturated carbocycles. The van der Waals surface area contributed by atoms with Gasteiger partial charge in [0, 0.05) is 5.56 Å². The highest BCUT2D eigenvalue weighted by Crippen LogP contribution is 2.32. The summed E-state index contributed by atoms with van der Waals surface area (Å²) in [5.41, 5.74) is -0.431. The zero-order valence-corrected chi connectivity index (χ0v) is 10.8. The number of benzene rings is 1. The summed E-state index contributed by atoms with van der Waals surface area (Å²) in [6.45, 7) is 8.26. The highest BCUT2D eigenvalue weighted by atomic mass is 16.4. The molecule has 2 rings (SSSR count). The van der Waals surface area contributed by atoms with Gasteiger partial charge >= 0.3 is 0 Å². The number of hydrogen-bond acceptors (Lipinski definition) is 5. The van der Waals surface area contributed by atoms with E-state index in [0.717, 1.165) is 6.08 Å². The fourth-order valence-electron chi connectivity index (χ4n) is 1.92. The van der Waals surface area contributed by atoms with Crippen molar-refractivity contribution in [2.24, 2.45) is 0 Å². The van der Waals surface area contributed by atoms with Gasteiger partial charge in [-0.3, -0.25) is 9.59 Å².